The van der Waals surface area contributed by atoms with Gasteiger partial charge in [0.15, 0.2) is 0 Å². The van der Waals surface area contributed by atoms with Gasteiger partial charge in [-0.15, -0.1) is 0 Å². The highest BCUT2D eigenvalue weighted by molar-refractivity contribution is 5.11. The molecule has 110 valence electrons. The van der Waals surface area contributed by atoms with Crippen molar-refractivity contribution in [1.29, 1.82) is 0 Å². The van der Waals surface area contributed by atoms with Crippen LogP contribution in [0.2, 0.25) is 0 Å². The summed E-state index contributed by atoms with van der Waals surface area (Å²) in [6, 6.07) is 1.95. The Balaban J connectivity index is 1.90. The Bertz CT molecular complexity index is 524. The fourth-order valence-electron chi connectivity index (χ4n) is 1.91. The lowest BCUT2D eigenvalue weighted by atomic mass is 10.3. The fraction of sp³-hybridized carbons (Fsp3) is 0.462. The van der Waals surface area contributed by atoms with Gasteiger partial charge in [0.05, 0.1) is 13.2 Å². The number of halogens is 2. The van der Waals surface area contributed by atoms with Crippen molar-refractivity contribution in [2.45, 2.75) is 19.6 Å². The molecule has 1 N–H and O–H groups in total. The number of nitrogens with one attached hydrogen (secondary N) is 1. The molecule has 2 aromatic rings. The molecule has 0 spiro atoms. The molecule has 0 bridgehead atoms. The number of hydrogen-bond acceptors (Lipinski definition) is 3. The van der Waals surface area contributed by atoms with E-state index in [1.165, 1.54) is 12.4 Å². The highest BCUT2D eigenvalue weighted by Crippen LogP contribution is 2.13. The van der Waals surface area contributed by atoms with Gasteiger partial charge >= 0.3 is 6.55 Å². The van der Waals surface area contributed by atoms with Crippen molar-refractivity contribution in [3.05, 3.63) is 42.2 Å². The van der Waals surface area contributed by atoms with E-state index in [9.17, 15) is 8.78 Å². The maximum absolute atomic E-state index is 12.7. The lowest BCUT2D eigenvalue weighted by Gasteiger charge is -2.07. The average molecular weight is 284 g/mol. The Kier molecular flexibility index (Phi) is 5.25. The lowest BCUT2D eigenvalue weighted by Crippen LogP contribution is -2.18. The summed E-state index contributed by atoms with van der Waals surface area (Å²) >= 11 is 0. The first-order valence-electron chi connectivity index (χ1n) is 6.35. The number of aromatic nitrogens is 3. The van der Waals surface area contributed by atoms with Crippen LogP contribution in [0.5, 0.6) is 0 Å². The summed E-state index contributed by atoms with van der Waals surface area (Å²) in [5, 5.41) is 3.23. The molecule has 20 heavy (non-hydrogen) atoms. The Labute approximate surface area is 116 Å². The second-order valence-corrected chi connectivity index (χ2v) is 4.39. The average Bonchev–Trinajstić information content (AvgIpc) is 3.04. The zero-order valence-corrected chi connectivity index (χ0v) is 11.3. The molecule has 0 aliphatic heterocycles. The minimum atomic E-state index is -2.56. The zero-order chi connectivity index (χ0) is 14.4. The Morgan fingerprint density at radius 3 is 3.00 bits per heavy atom. The summed E-state index contributed by atoms with van der Waals surface area (Å²) in [5.74, 6) is 0.342. The van der Waals surface area contributed by atoms with E-state index in [1.54, 1.807) is 7.11 Å². The fourth-order valence-corrected chi connectivity index (χ4v) is 1.91. The summed E-state index contributed by atoms with van der Waals surface area (Å²) in [6.07, 6.45) is 6.46. The molecule has 0 atom stereocenters. The number of ether oxygens (including phenoxy) is 1. The molecule has 0 amide bonds. The quantitative estimate of drug-likeness (QED) is 0.753. The van der Waals surface area contributed by atoms with Crippen LogP contribution in [0.25, 0.3) is 0 Å². The molecule has 2 aromatic heterocycles. The molecule has 7 heteroatoms. The molecule has 0 aromatic carbocycles. The lowest BCUT2D eigenvalue weighted by molar-refractivity contribution is 0.0667. The second kappa shape index (κ2) is 7.16. The SMILES string of the molecule is COCCNCc1ccn(Cc2nccn2C(F)F)c1. The minimum absolute atomic E-state index is 0.329. The first-order chi connectivity index (χ1) is 9.70. The van der Waals surface area contributed by atoms with E-state index in [1.807, 2.05) is 23.0 Å². The number of imidazole rings is 1. The molecule has 0 fully saturated rings. The third-order valence-electron chi connectivity index (χ3n) is 2.91. The summed E-state index contributed by atoms with van der Waals surface area (Å²) in [7, 11) is 1.66. The van der Waals surface area contributed by atoms with E-state index >= 15 is 0 Å². The molecule has 0 saturated heterocycles. The highest BCUT2D eigenvalue weighted by Gasteiger charge is 2.11. The standard InChI is InChI=1S/C13H18F2N4O/c1-20-7-4-16-8-11-2-5-18(9-11)10-12-17-3-6-19(12)13(14)15/h2-3,5-6,9,13,16H,4,7-8,10H2,1H3. The van der Waals surface area contributed by atoms with Gasteiger partial charge in [-0.1, -0.05) is 0 Å². The topological polar surface area (TPSA) is 44.0 Å². The van der Waals surface area contributed by atoms with Crippen molar-refractivity contribution in [1.82, 2.24) is 19.4 Å². The van der Waals surface area contributed by atoms with Gasteiger partial charge in [-0.05, 0) is 11.6 Å². The monoisotopic (exact) mass is 284 g/mol. The Morgan fingerprint density at radius 1 is 1.40 bits per heavy atom. The first-order valence-corrected chi connectivity index (χ1v) is 6.35. The molecule has 2 rings (SSSR count). The van der Waals surface area contributed by atoms with Crippen molar-refractivity contribution in [2.75, 3.05) is 20.3 Å². The summed E-state index contributed by atoms with van der Waals surface area (Å²) < 4.78 is 33.1. The molecular formula is C13H18F2N4O. The van der Waals surface area contributed by atoms with Crippen LogP contribution in [-0.4, -0.2) is 34.4 Å². The summed E-state index contributed by atoms with van der Waals surface area (Å²) in [4.78, 5) is 3.96. The van der Waals surface area contributed by atoms with Gasteiger partial charge in [-0.2, -0.15) is 8.78 Å². The van der Waals surface area contributed by atoms with Crippen LogP contribution in [0.15, 0.2) is 30.9 Å². The van der Waals surface area contributed by atoms with Crippen LogP contribution >= 0.6 is 0 Å². The van der Waals surface area contributed by atoms with Gasteiger partial charge in [-0.25, -0.2) is 4.98 Å². The van der Waals surface area contributed by atoms with Crippen LogP contribution in [0.4, 0.5) is 8.78 Å². The van der Waals surface area contributed by atoms with Gasteiger partial charge in [0.2, 0.25) is 0 Å². The van der Waals surface area contributed by atoms with Crippen LogP contribution in [0.3, 0.4) is 0 Å². The molecule has 0 saturated carbocycles. The van der Waals surface area contributed by atoms with Crippen LogP contribution in [0.1, 0.15) is 17.9 Å². The predicted molar refractivity (Wildman–Crippen MR) is 70.6 cm³/mol. The third kappa shape index (κ3) is 3.88. The number of alkyl halides is 2. The van der Waals surface area contributed by atoms with Crippen LogP contribution < -0.4 is 5.32 Å². The van der Waals surface area contributed by atoms with Gasteiger partial charge in [-0.3, -0.25) is 4.57 Å². The molecule has 0 aliphatic rings. The van der Waals surface area contributed by atoms with Crippen molar-refractivity contribution in [2.24, 2.45) is 0 Å². The minimum Gasteiger partial charge on any atom is -0.383 e. The highest BCUT2D eigenvalue weighted by atomic mass is 19.3. The van der Waals surface area contributed by atoms with E-state index < -0.39 is 6.55 Å². The van der Waals surface area contributed by atoms with Crippen molar-refractivity contribution >= 4 is 0 Å². The van der Waals surface area contributed by atoms with Crippen LogP contribution in [-0.2, 0) is 17.8 Å². The molecule has 5 nitrogen and oxygen atoms in total. The van der Waals surface area contributed by atoms with E-state index in [-0.39, 0.29) is 0 Å². The maximum Gasteiger partial charge on any atom is 0.319 e. The van der Waals surface area contributed by atoms with E-state index in [4.69, 9.17) is 4.74 Å². The second-order valence-electron chi connectivity index (χ2n) is 4.39. The Morgan fingerprint density at radius 2 is 2.25 bits per heavy atom. The van der Waals surface area contributed by atoms with E-state index in [0.717, 1.165) is 23.2 Å². The number of methoxy groups -OCH3 is 1. The van der Waals surface area contributed by atoms with Crippen molar-refractivity contribution in [3.8, 4) is 0 Å². The number of hydrogen-bond donors (Lipinski definition) is 1. The first kappa shape index (κ1) is 14.7. The molecule has 0 radical (unpaired) electrons. The molecule has 0 unspecified atom stereocenters. The number of nitrogens with zero attached hydrogens (tertiary/aromatic N) is 3. The summed E-state index contributed by atoms with van der Waals surface area (Å²) in [6.45, 7) is -0.0720. The van der Waals surface area contributed by atoms with Crippen molar-refractivity contribution in [3.63, 3.8) is 0 Å². The van der Waals surface area contributed by atoms with Gasteiger partial charge in [0.25, 0.3) is 0 Å². The van der Waals surface area contributed by atoms with Gasteiger partial charge in [0.1, 0.15) is 5.82 Å². The normalized spacial score (nSPS) is 11.4. The van der Waals surface area contributed by atoms with Gasteiger partial charge in [0, 0.05) is 45.0 Å². The third-order valence-corrected chi connectivity index (χ3v) is 2.91. The number of rotatable bonds is 8. The van der Waals surface area contributed by atoms with Crippen molar-refractivity contribution < 1.29 is 13.5 Å². The Hall–Kier alpha value is -1.73. The molecular weight excluding hydrogens is 266 g/mol. The smallest absolute Gasteiger partial charge is 0.319 e. The predicted octanol–water partition coefficient (Wildman–Crippen LogP) is 1.86. The molecule has 2 heterocycles. The maximum atomic E-state index is 12.7. The molecule has 0 aliphatic carbocycles. The van der Waals surface area contributed by atoms with E-state index in [2.05, 4.69) is 10.3 Å². The zero-order valence-electron chi connectivity index (χ0n) is 11.3. The van der Waals surface area contributed by atoms with Crippen LogP contribution in [0, 0.1) is 0 Å². The largest absolute Gasteiger partial charge is 0.383 e. The van der Waals surface area contributed by atoms with Gasteiger partial charge < -0.3 is 14.6 Å². The van der Waals surface area contributed by atoms with E-state index in [0.29, 0.717) is 19.0 Å². The summed E-state index contributed by atoms with van der Waals surface area (Å²) in [5.41, 5.74) is 1.09.